The number of fused-ring (bicyclic) bond motifs is 6. The van der Waals surface area contributed by atoms with Crippen LogP contribution >= 0.6 is 12.0 Å². The summed E-state index contributed by atoms with van der Waals surface area (Å²) in [5, 5.41) is 14.7. The second-order valence-electron chi connectivity index (χ2n) is 13.7. The zero-order chi connectivity index (χ0) is 40.5. The van der Waals surface area contributed by atoms with Crippen molar-refractivity contribution >= 4 is 86.8 Å². The molecule has 0 bridgehead atoms. The molecule has 0 N–H and O–H groups in total. The molecule has 15 nitrogen and oxygen atoms in total. The summed E-state index contributed by atoms with van der Waals surface area (Å²) in [6.45, 7) is 8.66. The van der Waals surface area contributed by atoms with Crippen molar-refractivity contribution in [2.75, 3.05) is 32.1 Å². The zero-order valence-corrected chi connectivity index (χ0v) is 33.6. The quantitative estimate of drug-likeness (QED) is 0.0390. The molecule has 2 aliphatic rings. The third-order valence-corrected chi connectivity index (χ3v) is 13.0. The maximum Gasteiger partial charge on any atom is 0.374 e. The van der Waals surface area contributed by atoms with Crippen molar-refractivity contribution in [1.29, 1.82) is 0 Å². The molecule has 292 valence electrons. The maximum atomic E-state index is 12.6. The van der Waals surface area contributed by atoms with Crippen LogP contribution in [0.15, 0.2) is 104 Å². The normalized spacial score (nSPS) is 17.8. The molecule has 0 radical (unpaired) electrons. The van der Waals surface area contributed by atoms with E-state index < -0.39 is 50.5 Å². The lowest BCUT2D eigenvalue weighted by Gasteiger charge is -2.26. The molecule has 0 aromatic heterocycles. The number of anilines is 1. The Kier molecular flexibility index (Phi) is 10.5. The molecule has 0 saturated heterocycles. The molecule has 0 spiro atoms. The van der Waals surface area contributed by atoms with Crippen molar-refractivity contribution in [2.45, 2.75) is 52.7 Å². The molecule has 4 aromatic carbocycles. The molecule has 0 aliphatic carbocycles. The van der Waals surface area contributed by atoms with Gasteiger partial charge in [0.25, 0.3) is 5.69 Å². The van der Waals surface area contributed by atoms with Crippen molar-refractivity contribution in [2.24, 2.45) is 0 Å². The number of benzene rings is 4. The number of amidine groups is 1. The number of likely N-dealkylation sites (N-methyl/N-ethyl adjacent to an activating group) is 2. The standard InChI is InChI=1S/C36H37N3O12S4/c1-7-37-26-16-14-22-18-24(52-51-50-40)20-28(54(44,45)46)32(22)34(26)36(3,4)30(37)12-10-9-11-13-31-38(8-2)27-17-15-23-19-25(53(41,42)43)21-29(55(47,48)49)33(23)35(27)39(31,5)6/h9-21H,7-8H2,1-6H3,(H2-2,40,41,42,43,44,45,46,47,48,49)/p-2. The Labute approximate surface area is 323 Å². The molecule has 4 aromatic rings. The highest BCUT2D eigenvalue weighted by atomic mass is 32.2. The molecule has 6 rings (SSSR count). The van der Waals surface area contributed by atoms with Crippen LogP contribution in [-0.4, -0.2) is 76.5 Å². The lowest BCUT2D eigenvalue weighted by molar-refractivity contribution is -0.777. The van der Waals surface area contributed by atoms with Crippen LogP contribution in [0.2, 0.25) is 0 Å². The number of nitrogens with zero attached hydrogens (tertiary/aromatic N) is 3. The van der Waals surface area contributed by atoms with Gasteiger partial charge in [-0.1, -0.05) is 32.1 Å². The predicted molar refractivity (Wildman–Crippen MR) is 201 cm³/mol. The molecule has 0 atom stereocenters. The van der Waals surface area contributed by atoms with Gasteiger partial charge in [-0.25, -0.2) is 29.7 Å². The fourth-order valence-corrected chi connectivity index (χ4v) is 10.4. The van der Waals surface area contributed by atoms with Gasteiger partial charge in [0.1, 0.15) is 30.4 Å². The van der Waals surface area contributed by atoms with Gasteiger partial charge in [-0.15, -0.1) is 4.58 Å². The van der Waals surface area contributed by atoms with Crippen molar-refractivity contribution < 1.29 is 58.1 Å². The summed E-state index contributed by atoms with van der Waals surface area (Å²) in [6.07, 6.45) is 9.10. The third-order valence-electron chi connectivity index (χ3n) is 9.92. The highest BCUT2D eigenvalue weighted by molar-refractivity contribution is 7.94. The fraction of sp³-hybridized carbons (Fsp3) is 0.250. The summed E-state index contributed by atoms with van der Waals surface area (Å²) in [5.74, 6) is 0.698. The van der Waals surface area contributed by atoms with E-state index in [-0.39, 0.29) is 25.5 Å². The third kappa shape index (κ3) is 7.03. The molecule has 55 heavy (non-hydrogen) atoms. The topological polar surface area (TPSA) is 219 Å². The second kappa shape index (κ2) is 14.2. The highest BCUT2D eigenvalue weighted by Crippen LogP contribution is 2.52. The number of hydrogen-bond donors (Lipinski definition) is 0. The first-order chi connectivity index (χ1) is 25.6. The van der Waals surface area contributed by atoms with Crippen LogP contribution in [0.1, 0.15) is 33.3 Å². The average Bonchev–Trinajstić information content (AvgIpc) is 3.46. The molecule has 0 amide bonds. The summed E-state index contributed by atoms with van der Waals surface area (Å²) in [4.78, 5) is 0.135. The smallest absolute Gasteiger partial charge is 0.374 e. The Morgan fingerprint density at radius 2 is 1.47 bits per heavy atom. The maximum absolute atomic E-state index is 12.6. The second-order valence-corrected chi connectivity index (χ2v) is 18.6. The Hall–Kier alpha value is -3.99. The fourth-order valence-electron chi connectivity index (χ4n) is 7.78. The van der Waals surface area contributed by atoms with Gasteiger partial charge in [0.05, 0.1) is 52.3 Å². The van der Waals surface area contributed by atoms with Crippen LogP contribution in [0, 0.1) is 0 Å². The Bertz CT molecular complexity index is 2760. The molecule has 0 saturated carbocycles. The van der Waals surface area contributed by atoms with E-state index in [2.05, 4.69) is 9.37 Å². The lowest BCUT2D eigenvalue weighted by atomic mass is 9.81. The minimum atomic E-state index is -5.22. The number of hydrogen-bond acceptors (Lipinski definition) is 14. The molecule has 2 aliphatic heterocycles. The van der Waals surface area contributed by atoms with Gasteiger partial charge in [-0.3, -0.25) is 5.04 Å². The Balaban J connectivity index is 1.40. The monoisotopic (exact) mass is 829 g/mol. The van der Waals surface area contributed by atoms with Crippen LogP contribution < -0.4 is 14.6 Å². The molecule has 2 heterocycles. The van der Waals surface area contributed by atoms with Crippen LogP contribution in [-0.2, 0) is 45.1 Å². The van der Waals surface area contributed by atoms with Crippen molar-refractivity contribution in [3.63, 3.8) is 0 Å². The molecule has 0 unspecified atom stereocenters. The van der Waals surface area contributed by atoms with Gasteiger partial charge in [-0.05, 0) is 78.7 Å². The summed E-state index contributed by atoms with van der Waals surface area (Å²) < 4.78 is 117. The Morgan fingerprint density at radius 3 is 2.07 bits per heavy atom. The van der Waals surface area contributed by atoms with E-state index in [4.69, 9.17) is 0 Å². The van der Waals surface area contributed by atoms with Gasteiger partial charge in [0, 0.05) is 39.7 Å². The van der Waals surface area contributed by atoms with E-state index in [0.717, 1.165) is 23.5 Å². The van der Waals surface area contributed by atoms with Crippen LogP contribution in [0.5, 0.6) is 0 Å². The van der Waals surface area contributed by atoms with Gasteiger partial charge in [0.2, 0.25) is 5.69 Å². The lowest BCUT2D eigenvalue weighted by Crippen LogP contribution is -2.45. The molecular weight excluding hydrogens is 795 g/mol. The first kappa shape index (κ1) is 40.7. The molecular formula is C36H35N3O12S4-2. The van der Waals surface area contributed by atoms with E-state index in [0.29, 0.717) is 59.4 Å². The summed E-state index contributed by atoms with van der Waals surface area (Å²) in [6, 6.07) is 11.2. The van der Waals surface area contributed by atoms with Crippen LogP contribution in [0.4, 0.5) is 17.1 Å². The van der Waals surface area contributed by atoms with E-state index in [9.17, 15) is 44.2 Å². The predicted octanol–water partition coefficient (Wildman–Crippen LogP) is 4.39. The molecule has 0 fully saturated rings. The van der Waals surface area contributed by atoms with Crippen LogP contribution in [0.3, 0.4) is 0 Å². The largest absolute Gasteiger partial charge is 0.744 e. The van der Waals surface area contributed by atoms with Crippen molar-refractivity contribution in [1.82, 2.24) is 4.48 Å². The first-order valence-corrected chi connectivity index (χ1v) is 21.6. The first-order valence-electron chi connectivity index (χ1n) is 16.6. The van der Waals surface area contributed by atoms with E-state index in [1.54, 1.807) is 44.4 Å². The number of quaternary nitrogens is 1. The average molecular weight is 830 g/mol. The van der Waals surface area contributed by atoms with E-state index in [1.165, 1.54) is 6.07 Å². The van der Waals surface area contributed by atoms with Crippen molar-refractivity contribution in [3.05, 3.63) is 90.2 Å². The zero-order valence-electron chi connectivity index (χ0n) is 30.3. The Morgan fingerprint density at radius 1 is 0.836 bits per heavy atom. The highest BCUT2D eigenvalue weighted by Gasteiger charge is 2.48. The SMILES string of the molecule is CCN1C(=CC=CC=CC2=[N+](CC)c3ccc4cc(S(=O)(=O)[O-])cc(S(=O)(=O)[O-])c4c3[N+]2(C)C)C(C)(C)c2c1ccc1cc(SOO[O-])cc(S(=O)(=O)[O-])c21. The van der Waals surface area contributed by atoms with E-state index >= 15 is 0 Å². The van der Waals surface area contributed by atoms with E-state index in [1.807, 2.05) is 61.5 Å². The minimum absolute atomic E-state index is 0.0231. The summed E-state index contributed by atoms with van der Waals surface area (Å²) in [5.41, 5.74) is 2.43. The van der Waals surface area contributed by atoms with Crippen molar-refractivity contribution in [3.8, 4) is 0 Å². The molecule has 19 heteroatoms. The van der Waals surface area contributed by atoms with Gasteiger partial charge < -0.3 is 23.8 Å². The summed E-state index contributed by atoms with van der Waals surface area (Å²) >= 11 is 0.482. The number of rotatable bonds is 11. The van der Waals surface area contributed by atoms with Gasteiger partial charge in [0.15, 0.2) is 6.54 Å². The number of allylic oxidation sites excluding steroid dienone is 5. The summed E-state index contributed by atoms with van der Waals surface area (Å²) in [7, 11) is -11.7. The minimum Gasteiger partial charge on any atom is -0.744 e. The van der Waals surface area contributed by atoms with Crippen LogP contribution in [0.25, 0.3) is 21.5 Å². The van der Waals surface area contributed by atoms with Gasteiger partial charge in [-0.2, -0.15) is 4.33 Å². The van der Waals surface area contributed by atoms with Gasteiger partial charge >= 0.3 is 5.84 Å².